The molecule has 148 valence electrons. The summed E-state index contributed by atoms with van der Waals surface area (Å²) in [5.74, 6) is 1.42. The summed E-state index contributed by atoms with van der Waals surface area (Å²) < 4.78 is 23.6. The zero-order valence-electron chi connectivity index (χ0n) is 15.5. The van der Waals surface area contributed by atoms with Gasteiger partial charge in [-0.3, -0.25) is 4.79 Å². The van der Waals surface area contributed by atoms with Gasteiger partial charge in [0.05, 0.1) is 0 Å². The van der Waals surface area contributed by atoms with E-state index in [0.717, 1.165) is 16.9 Å². The first-order valence-electron chi connectivity index (χ1n) is 9.14. The van der Waals surface area contributed by atoms with E-state index in [9.17, 15) is 9.18 Å². The minimum Gasteiger partial charge on any atom is -0.454 e. The van der Waals surface area contributed by atoms with E-state index < -0.39 is 0 Å². The Labute approximate surface area is 166 Å². The third-order valence-electron chi connectivity index (χ3n) is 4.42. The summed E-state index contributed by atoms with van der Waals surface area (Å²) in [6.07, 6.45) is 1.95. The smallest absolute Gasteiger partial charge is 0.270 e. The number of aromatic nitrogens is 2. The number of rotatable bonds is 7. The molecule has 1 aliphatic rings. The number of benzene rings is 2. The van der Waals surface area contributed by atoms with Crippen LogP contribution in [0.5, 0.6) is 11.5 Å². The maximum atomic E-state index is 12.9. The van der Waals surface area contributed by atoms with Crippen molar-refractivity contribution in [3.8, 4) is 11.5 Å². The molecule has 0 fully saturated rings. The number of amides is 1. The SMILES string of the molecule is O=C(NCCc1ccc(F)cc1)c1cc(NCc2ccc3c(c2)OCO3)ncn1. The topological polar surface area (TPSA) is 85.4 Å². The maximum absolute atomic E-state index is 12.9. The molecule has 8 heteroatoms. The van der Waals surface area contributed by atoms with Crippen LogP contribution in [0, 0.1) is 5.82 Å². The van der Waals surface area contributed by atoms with Gasteiger partial charge in [-0.15, -0.1) is 0 Å². The predicted molar refractivity (Wildman–Crippen MR) is 104 cm³/mol. The summed E-state index contributed by atoms with van der Waals surface area (Å²) in [7, 11) is 0. The van der Waals surface area contributed by atoms with Crippen LogP contribution in [0.2, 0.25) is 0 Å². The summed E-state index contributed by atoms with van der Waals surface area (Å²) in [6.45, 7) is 1.17. The van der Waals surface area contributed by atoms with Gasteiger partial charge in [0.25, 0.3) is 5.91 Å². The van der Waals surface area contributed by atoms with Gasteiger partial charge in [-0.1, -0.05) is 18.2 Å². The lowest BCUT2D eigenvalue weighted by molar-refractivity contribution is 0.0949. The summed E-state index contributed by atoms with van der Waals surface area (Å²) in [6, 6.07) is 13.5. The lowest BCUT2D eigenvalue weighted by Crippen LogP contribution is -2.26. The molecule has 0 unspecified atom stereocenters. The standard InChI is InChI=1S/C21H19FN4O3/c22-16-4-1-14(2-5-16)7-8-23-21(27)17-10-20(26-12-25-17)24-11-15-3-6-18-19(9-15)29-13-28-18/h1-6,9-10,12H,7-8,11,13H2,(H,23,27)(H,24,25,26). The largest absolute Gasteiger partial charge is 0.454 e. The lowest BCUT2D eigenvalue weighted by Gasteiger charge is -2.08. The number of hydrogen-bond acceptors (Lipinski definition) is 6. The quantitative estimate of drug-likeness (QED) is 0.641. The van der Waals surface area contributed by atoms with Gasteiger partial charge < -0.3 is 20.1 Å². The first-order valence-corrected chi connectivity index (χ1v) is 9.14. The first kappa shape index (κ1) is 18.7. The molecule has 2 heterocycles. The Hall–Kier alpha value is -3.68. The molecular formula is C21H19FN4O3. The van der Waals surface area contributed by atoms with Gasteiger partial charge in [0.2, 0.25) is 6.79 Å². The van der Waals surface area contributed by atoms with Gasteiger partial charge in [-0.2, -0.15) is 0 Å². The summed E-state index contributed by atoms with van der Waals surface area (Å²) in [5, 5.41) is 5.98. The number of anilines is 1. The lowest BCUT2D eigenvalue weighted by atomic mass is 10.1. The van der Waals surface area contributed by atoms with E-state index >= 15 is 0 Å². The van der Waals surface area contributed by atoms with Crippen molar-refractivity contribution in [2.24, 2.45) is 0 Å². The van der Waals surface area contributed by atoms with Crippen molar-refractivity contribution < 1.29 is 18.7 Å². The van der Waals surface area contributed by atoms with E-state index in [-0.39, 0.29) is 24.2 Å². The van der Waals surface area contributed by atoms with Crippen molar-refractivity contribution in [2.45, 2.75) is 13.0 Å². The zero-order valence-corrected chi connectivity index (χ0v) is 15.5. The molecule has 3 aromatic rings. The normalized spacial score (nSPS) is 11.9. The highest BCUT2D eigenvalue weighted by atomic mass is 19.1. The molecule has 29 heavy (non-hydrogen) atoms. The molecule has 0 aliphatic carbocycles. The van der Waals surface area contributed by atoms with Crippen LogP contribution in [0.1, 0.15) is 21.6 Å². The van der Waals surface area contributed by atoms with Gasteiger partial charge in [-0.25, -0.2) is 14.4 Å². The van der Waals surface area contributed by atoms with E-state index in [1.807, 2.05) is 18.2 Å². The molecule has 1 aliphatic heterocycles. The molecule has 4 rings (SSSR count). The van der Waals surface area contributed by atoms with Crippen molar-refractivity contribution in [1.82, 2.24) is 15.3 Å². The van der Waals surface area contributed by atoms with E-state index in [1.54, 1.807) is 18.2 Å². The Morgan fingerprint density at radius 1 is 1.00 bits per heavy atom. The number of nitrogens with one attached hydrogen (secondary N) is 2. The number of carbonyl (C=O) groups excluding carboxylic acids is 1. The monoisotopic (exact) mass is 394 g/mol. The Bertz CT molecular complexity index is 1010. The maximum Gasteiger partial charge on any atom is 0.270 e. The van der Waals surface area contributed by atoms with E-state index in [4.69, 9.17) is 9.47 Å². The summed E-state index contributed by atoms with van der Waals surface area (Å²) >= 11 is 0. The van der Waals surface area contributed by atoms with Gasteiger partial charge in [0.1, 0.15) is 23.7 Å². The van der Waals surface area contributed by atoms with Crippen molar-refractivity contribution in [3.63, 3.8) is 0 Å². The fourth-order valence-corrected chi connectivity index (χ4v) is 2.88. The molecule has 7 nitrogen and oxygen atoms in total. The molecule has 1 amide bonds. The van der Waals surface area contributed by atoms with Gasteiger partial charge in [0.15, 0.2) is 11.5 Å². The number of fused-ring (bicyclic) bond motifs is 1. The second-order valence-electron chi connectivity index (χ2n) is 6.46. The average molecular weight is 394 g/mol. The van der Waals surface area contributed by atoms with Crippen LogP contribution in [0.3, 0.4) is 0 Å². The Morgan fingerprint density at radius 3 is 2.66 bits per heavy atom. The highest BCUT2D eigenvalue weighted by Gasteiger charge is 2.13. The van der Waals surface area contributed by atoms with Crippen LogP contribution >= 0.6 is 0 Å². The highest BCUT2D eigenvalue weighted by molar-refractivity contribution is 5.92. The van der Waals surface area contributed by atoms with Crippen LogP contribution < -0.4 is 20.1 Å². The fraction of sp³-hybridized carbons (Fsp3) is 0.190. The van der Waals surface area contributed by atoms with E-state index in [1.165, 1.54) is 18.5 Å². The second-order valence-corrected chi connectivity index (χ2v) is 6.46. The fourth-order valence-electron chi connectivity index (χ4n) is 2.88. The molecule has 0 bridgehead atoms. The molecular weight excluding hydrogens is 375 g/mol. The van der Waals surface area contributed by atoms with E-state index in [0.29, 0.717) is 31.1 Å². The Balaban J connectivity index is 1.30. The molecule has 0 atom stereocenters. The van der Waals surface area contributed by atoms with Crippen LogP contribution in [0.15, 0.2) is 54.9 Å². The third kappa shape index (κ3) is 4.78. The molecule has 0 saturated heterocycles. The number of nitrogens with zero attached hydrogens (tertiary/aromatic N) is 2. The van der Waals surface area contributed by atoms with Crippen molar-refractivity contribution in [3.05, 3.63) is 77.5 Å². The molecule has 0 spiro atoms. The number of ether oxygens (including phenoxy) is 2. The molecule has 2 N–H and O–H groups in total. The van der Waals surface area contributed by atoms with E-state index in [2.05, 4.69) is 20.6 Å². The number of carbonyl (C=O) groups is 1. The molecule has 0 saturated carbocycles. The van der Waals surface area contributed by atoms with Crippen LogP contribution in [0.25, 0.3) is 0 Å². The Morgan fingerprint density at radius 2 is 1.79 bits per heavy atom. The van der Waals surface area contributed by atoms with Crippen molar-refractivity contribution >= 4 is 11.7 Å². The van der Waals surface area contributed by atoms with Crippen LogP contribution in [0.4, 0.5) is 10.2 Å². The summed E-state index contributed by atoms with van der Waals surface area (Å²) in [5.41, 5.74) is 2.21. The van der Waals surface area contributed by atoms with Gasteiger partial charge >= 0.3 is 0 Å². The van der Waals surface area contributed by atoms with Gasteiger partial charge in [0, 0.05) is 19.2 Å². The van der Waals surface area contributed by atoms with Crippen molar-refractivity contribution in [1.29, 1.82) is 0 Å². The minimum atomic E-state index is -0.291. The average Bonchev–Trinajstić information content (AvgIpc) is 3.22. The third-order valence-corrected chi connectivity index (χ3v) is 4.42. The summed E-state index contributed by atoms with van der Waals surface area (Å²) in [4.78, 5) is 20.5. The molecule has 2 aromatic carbocycles. The van der Waals surface area contributed by atoms with Gasteiger partial charge in [-0.05, 0) is 41.8 Å². The molecule has 1 aromatic heterocycles. The first-order chi connectivity index (χ1) is 14.2. The van der Waals surface area contributed by atoms with Crippen LogP contribution in [-0.4, -0.2) is 29.2 Å². The number of halogens is 1. The Kier molecular flexibility index (Phi) is 5.51. The van der Waals surface area contributed by atoms with Crippen LogP contribution in [-0.2, 0) is 13.0 Å². The van der Waals surface area contributed by atoms with Crippen molar-refractivity contribution in [2.75, 3.05) is 18.7 Å². The second kappa shape index (κ2) is 8.55. The minimum absolute atomic E-state index is 0.234. The predicted octanol–water partition coefficient (Wildman–Crippen LogP) is 2.93. The molecule has 0 radical (unpaired) electrons. The zero-order chi connectivity index (χ0) is 20.1. The highest BCUT2D eigenvalue weighted by Crippen LogP contribution is 2.32. The number of hydrogen-bond donors (Lipinski definition) is 2.